The fourth-order valence-electron chi connectivity index (χ4n) is 6.48. The second-order valence-corrected chi connectivity index (χ2v) is 11.1. The Morgan fingerprint density at radius 2 is 1.44 bits per heavy atom. The second-order valence-electron chi connectivity index (χ2n) is 11.1. The Hall–Kier alpha value is -2.01. The second kappa shape index (κ2) is 12.5. The van der Waals surface area contributed by atoms with Gasteiger partial charge in [-0.2, -0.15) is 0 Å². The maximum atomic E-state index is 15.2. The van der Waals surface area contributed by atoms with Gasteiger partial charge in [-0.25, -0.2) is 13.2 Å². The van der Waals surface area contributed by atoms with Crippen LogP contribution in [0.4, 0.5) is 13.2 Å². The highest BCUT2D eigenvalue weighted by molar-refractivity contribution is 5.69. The molecule has 2 nitrogen and oxygen atoms in total. The zero-order valence-electron chi connectivity index (χ0n) is 21.7. The molecule has 1 N–H and O–H groups in total. The zero-order chi connectivity index (χ0) is 25.7. The first-order chi connectivity index (χ1) is 17.4. The first-order valence-electron chi connectivity index (χ1n) is 13.9. The van der Waals surface area contributed by atoms with E-state index in [1.54, 1.807) is 31.2 Å². The van der Waals surface area contributed by atoms with Crippen LogP contribution in [0.5, 0.6) is 5.75 Å². The third-order valence-corrected chi connectivity index (χ3v) is 8.69. The van der Waals surface area contributed by atoms with E-state index < -0.39 is 23.9 Å². The van der Waals surface area contributed by atoms with Crippen molar-refractivity contribution in [2.75, 3.05) is 6.61 Å². The van der Waals surface area contributed by atoms with Crippen LogP contribution in [0.2, 0.25) is 0 Å². The summed E-state index contributed by atoms with van der Waals surface area (Å²) in [6.45, 7) is 4.29. The number of ether oxygens (including phenoxy) is 1. The summed E-state index contributed by atoms with van der Waals surface area (Å²) in [6, 6.07) is 9.61. The van der Waals surface area contributed by atoms with Gasteiger partial charge >= 0.3 is 0 Å². The lowest BCUT2D eigenvalue weighted by atomic mass is 9.69. The Morgan fingerprint density at radius 1 is 0.861 bits per heavy atom. The van der Waals surface area contributed by atoms with Crippen molar-refractivity contribution in [3.63, 3.8) is 0 Å². The lowest BCUT2D eigenvalue weighted by Gasteiger charge is -2.37. The van der Waals surface area contributed by atoms with E-state index >= 15 is 4.39 Å². The van der Waals surface area contributed by atoms with Gasteiger partial charge in [-0.1, -0.05) is 56.9 Å². The molecule has 0 radical (unpaired) electrons. The van der Waals surface area contributed by atoms with Crippen LogP contribution in [0.3, 0.4) is 0 Å². The van der Waals surface area contributed by atoms with Crippen LogP contribution in [0.1, 0.15) is 102 Å². The molecule has 0 saturated heterocycles. The quantitative estimate of drug-likeness (QED) is 0.370. The van der Waals surface area contributed by atoms with Crippen molar-refractivity contribution >= 4 is 0 Å². The first-order valence-corrected chi connectivity index (χ1v) is 13.9. The Balaban J connectivity index is 1.34. The van der Waals surface area contributed by atoms with Gasteiger partial charge in [-0.3, -0.25) is 0 Å². The minimum atomic E-state index is -2.96. The van der Waals surface area contributed by atoms with Gasteiger partial charge in [0.2, 0.25) is 0 Å². The molecule has 0 aromatic heterocycles. The third-order valence-electron chi connectivity index (χ3n) is 8.69. The van der Waals surface area contributed by atoms with E-state index in [1.165, 1.54) is 63.5 Å². The molecule has 0 aliphatic heterocycles. The number of hydrogen-bond donors (Lipinski definition) is 1. The van der Waals surface area contributed by atoms with Crippen molar-refractivity contribution in [2.45, 2.75) is 90.6 Å². The lowest BCUT2D eigenvalue weighted by Crippen LogP contribution is -2.27. The smallest absolute Gasteiger partial charge is 0.267 e. The molecule has 2 saturated carbocycles. The number of halogens is 3. The van der Waals surface area contributed by atoms with Gasteiger partial charge in [0.15, 0.2) is 11.6 Å². The van der Waals surface area contributed by atoms with Gasteiger partial charge in [0.05, 0.1) is 18.3 Å². The van der Waals surface area contributed by atoms with Gasteiger partial charge in [0, 0.05) is 0 Å². The number of benzene rings is 2. The van der Waals surface area contributed by atoms with Gasteiger partial charge in [0.25, 0.3) is 6.43 Å². The molecule has 36 heavy (non-hydrogen) atoms. The Bertz CT molecular complexity index is 957. The van der Waals surface area contributed by atoms with Crippen molar-refractivity contribution < 1.29 is 23.0 Å². The summed E-state index contributed by atoms with van der Waals surface area (Å²) in [5.41, 5.74) is 0.694. The number of rotatable bonds is 9. The maximum Gasteiger partial charge on any atom is 0.267 e. The number of aliphatic hydroxyl groups is 1. The van der Waals surface area contributed by atoms with E-state index in [1.807, 2.05) is 0 Å². The summed E-state index contributed by atoms with van der Waals surface area (Å²) in [5.74, 6) is 1.86. The van der Waals surface area contributed by atoms with Crippen LogP contribution < -0.4 is 4.74 Å². The van der Waals surface area contributed by atoms with E-state index in [4.69, 9.17) is 4.74 Å². The van der Waals surface area contributed by atoms with Crippen molar-refractivity contribution in [3.8, 4) is 16.9 Å². The van der Waals surface area contributed by atoms with Crippen molar-refractivity contribution in [3.05, 3.63) is 53.3 Å². The van der Waals surface area contributed by atoms with Crippen LogP contribution in [0.15, 0.2) is 36.4 Å². The average Bonchev–Trinajstić information content (AvgIpc) is 2.88. The monoisotopic (exact) mass is 502 g/mol. The highest BCUT2D eigenvalue weighted by Crippen LogP contribution is 2.43. The Labute approximate surface area is 214 Å². The molecule has 198 valence electrons. The molecule has 2 aliphatic rings. The fraction of sp³-hybridized carbons (Fsp3) is 0.613. The Kier molecular flexibility index (Phi) is 9.38. The van der Waals surface area contributed by atoms with E-state index in [0.29, 0.717) is 23.7 Å². The fourth-order valence-corrected chi connectivity index (χ4v) is 6.48. The van der Waals surface area contributed by atoms with Crippen LogP contribution in [0.25, 0.3) is 11.1 Å². The van der Waals surface area contributed by atoms with E-state index in [0.717, 1.165) is 30.6 Å². The standard InChI is InChI=1S/C31H41F3O2/c1-3-4-21-5-9-24(10-6-21)25-11-7-22(8-12-25)19-36-28-18-17-27(29(30(28)32)31(33)34)26-15-13-23(14-16-26)20(2)35/h13-18,20-22,24-25,31,35H,3-12,19H2,1-2H3. The van der Waals surface area contributed by atoms with Crippen LogP contribution >= 0.6 is 0 Å². The molecule has 2 aliphatic carbocycles. The maximum absolute atomic E-state index is 15.2. The summed E-state index contributed by atoms with van der Waals surface area (Å²) >= 11 is 0. The number of alkyl halides is 2. The number of hydrogen-bond acceptors (Lipinski definition) is 2. The minimum Gasteiger partial charge on any atom is -0.490 e. The summed E-state index contributed by atoms with van der Waals surface area (Å²) in [7, 11) is 0. The molecule has 1 atom stereocenters. The van der Waals surface area contributed by atoms with Crippen LogP contribution in [-0.2, 0) is 0 Å². The molecular weight excluding hydrogens is 461 g/mol. The van der Waals surface area contributed by atoms with E-state index in [-0.39, 0.29) is 11.3 Å². The van der Waals surface area contributed by atoms with Crippen LogP contribution in [-0.4, -0.2) is 11.7 Å². The van der Waals surface area contributed by atoms with E-state index in [2.05, 4.69) is 6.92 Å². The molecule has 0 spiro atoms. The molecule has 2 aromatic rings. The largest absolute Gasteiger partial charge is 0.490 e. The van der Waals surface area contributed by atoms with Crippen molar-refractivity contribution in [1.82, 2.24) is 0 Å². The molecule has 5 heteroatoms. The van der Waals surface area contributed by atoms with Gasteiger partial charge in [-0.05, 0) is 97.9 Å². The molecule has 0 bridgehead atoms. The molecular formula is C31H41F3O2. The normalized spacial score (nSPS) is 25.6. The zero-order valence-corrected chi connectivity index (χ0v) is 21.7. The number of aliphatic hydroxyl groups excluding tert-OH is 1. The Morgan fingerprint density at radius 3 is 1.97 bits per heavy atom. The average molecular weight is 503 g/mol. The summed E-state index contributed by atoms with van der Waals surface area (Å²) in [5, 5.41) is 9.69. The van der Waals surface area contributed by atoms with E-state index in [9.17, 15) is 13.9 Å². The van der Waals surface area contributed by atoms with Crippen LogP contribution in [0, 0.1) is 29.5 Å². The van der Waals surface area contributed by atoms with Gasteiger partial charge < -0.3 is 9.84 Å². The topological polar surface area (TPSA) is 29.5 Å². The van der Waals surface area contributed by atoms with Crippen molar-refractivity contribution in [1.29, 1.82) is 0 Å². The molecule has 2 aromatic carbocycles. The van der Waals surface area contributed by atoms with Crippen molar-refractivity contribution in [2.24, 2.45) is 23.7 Å². The summed E-state index contributed by atoms with van der Waals surface area (Å²) in [4.78, 5) is 0. The SMILES string of the molecule is CCCC1CCC(C2CCC(COc3ccc(-c4ccc(C(C)O)cc4)c(C(F)F)c3F)CC2)CC1. The molecule has 0 amide bonds. The molecule has 1 unspecified atom stereocenters. The molecule has 2 fully saturated rings. The van der Waals surface area contributed by atoms with Gasteiger partial charge in [-0.15, -0.1) is 0 Å². The predicted molar refractivity (Wildman–Crippen MR) is 139 cm³/mol. The third kappa shape index (κ3) is 6.45. The summed E-state index contributed by atoms with van der Waals surface area (Å²) in [6.07, 6.45) is 9.08. The molecule has 4 rings (SSSR count). The molecule has 0 heterocycles. The highest BCUT2D eigenvalue weighted by atomic mass is 19.3. The first kappa shape index (κ1) is 27.0. The lowest BCUT2D eigenvalue weighted by molar-refractivity contribution is 0.119. The predicted octanol–water partition coefficient (Wildman–Crippen LogP) is 9.28. The minimum absolute atomic E-state index is 0.0916. The highest BCUT2D eigenvalue weighted by Gasteiger charge is 2.31. The summed E-state index contributed by atoms with van der Waals surface area (Å²) < 4.78 is 48.8. The van der Waals surface area contributed by atoms with Gasteiger partial charge in [0.1, 0.15) is 0 Å².